The lowest BCUT2D eigenvalue weighted by atomic mass is 10.1. The summed E-state index contributed by atoms with van der Waals surface area (Å²) in [6.45, 7) is 3.03. The van der Waals surface area contributed by atoms with Crippen molar-refractivity contribution in [2.45, 2.75) is 38.0 Å². The predicted octanol–water partition coefficient (Wildman–Crippen LogP) is 2.30. The zero-order chi connectivity index (χ0) is 12.1. The van der Waals surface area contributed by atoms with Gasteiger partial charge in [0, 0.05) is 12.6 Å². The van der Waals surface area contributed by atoms with E-state index in [1.165, 1.54) is 12.8 Å². The van der Waals surface area contributed by atoms with Gasteiger partial charge >= 0.3 is 0 Å². The van der Waals surface area contributed by atoms with Crippen molar-refractivity contribution in [3.05, 3.63) is 35.9 Å². The van der Waals surface area contributed by atoms with Crippen molar-refractivity contribution in [2.24, 2.45) is 0 Å². The summed E-state index contributed by atoms with van der Waals surface area (Å²) in [5.41, 5.74) is 1.15. The molecule has 4 heteroatoms. The standard InChI is InChI=1S/C14H21NO2.ClH/c1-11(12-5-3-2-4-6-12)17-10-14(16)9-15-13-7-8-13;/h2-6,11,13-16H,7-10H2,1H3;1H. The number of halogens is 1. The molecule has 2 rings (SSSR count). The second-order valence-corrected chi connectivity index (χ2v) is 4.72. The maximum Gasteiger partial charge on any atom is 0.0898 e. The lowest BCUT2D eigenvalue weighted by Crippen LogP contribution is -2.31. The molecule has 2 atom stereocenters. The summed E-state index contributed by atoms with van der Waals surface area (Å²) in [7, 11) is 0. The van der Waals surface area contributed by atoms with Crippen molar-refractivity contribution >= 4 is 12.4 Å². The molecule has 1 aromatic rings. The van der Waals surface area contributed by atoms with Gasteiger partial charge < -0.3 is 15.2 Å². The second-order valence-electron chi connectivity index (χ2n) is 4.72. The molecule has 1 aliphatic carbocycles. The Balaban J connectivity index is 0.00000162. The molecule has 0 aromatic heterocycles. The third-order valence-corrected chi connectivity index (χ3v) is 3.03. The maximum absolute atomic E-state index is 9.73. The Kier molecular flexibility index (Phi) is 6.65. The summed E-state index contributed by atoms with van der Waals surface area (Å²) in [5.74, 6) is 0. The Morgan fingerprint density at radius 1 is 1.33 bits per heavy atom. The van der Waals surface area contributed by atoms with Gasteiger partial charge in [-0.15, -0.1) is 12.4 Å². The van der Waals surface area contributed by atoms with E-state index in [1.54, 1.807) is 0 Å². The van der Waals surface area contributed by atoms with Gasteiger partial charge in [-0.05, 0) is 25.3 Å². The Labute approximate surface area is 115 Å². The molecule has 0 radical (unpaired) electrons. The molecule has 2 N–H and O–H groups in total. The zero-order valence-corrected chi connectivity index (χ0v) is 11.5. The highest BCUT2D eigenvalue weighted by Gasteiger charge is 2.21. The van der Waals surface area contributed by atoms with Gasteiger partial charge in [0.15, 0.2) is 0 Å². The molecule has 1 saturated carbocycles. The number of benzene rings is 1. The Bertz CT molecular complexity index is 330. The molecule has 3 nitrogen and oxygen atoms in total. The summed E-state index contributed by atoms with van der Waals surface area (Å²) in [5, 5.41) is 13.0. The molecule has 18 heavy (non-hydrogen) atoms. The summed E-state index contributed by atoms with van der Waals surface area (Å²) in [4.78, 5) is 0. The van der Waals surface area contributed by atoms with Crippen LogP contribution in [-0.2, 0) is 4.74 Å². The maximum atomic E-state index is 9.73. The molecular weight excluding hydrogens is 250 g/mol. The van der Waals surface area contributed by atoms with Crippen LogP contribution >= 0.6 is 12.4 Å². The fourth-order valence-corrected chi connectivity index (χ4v) is 1.72. The lowest BCUT2D eigenvalue weighted by Gasteiger charge is -2.17. The molecule has 1 fully saturated rings. The van der Waals surface area contributed by atoms with Gasteiger partial charge in [-0.3, -0.25) is 0 Å². The summed E-state index contributed by atoms with van der Waals surface area (Å²) >= 11 is 0. The predicted molar refractivity (Wildman–Crippen MR) is 75.1 cm³/mol. The van der Waals surface area contributed by atoms with Crippen LogP contribution in [0.5, 0.6) is 0 Å². The Morgan fingerprint density at radius 2 is 2.00 bits per heavy atom. The number of hydrogen-bond acceptors (Lipinski definition) is 3. The van der Waals surface area contributed by atoms with Gasteiger partial charge in [-0.25, -0.2) is 0 Å². The minimum Gasteiger partial charge on any atom is -0.389 e. The van der Waals surface area contributed by atoms with Crippen molar-refractivity contribution in [2.75, 3.05) is 13.2 Å². The SMILES string of the molecule is CC(OCC(O)CNC1CC1)c1ccccc1.Cl. The topological polar surface area (TPSA) is 41.5 Å². The summed E-state index contributed by atoms with van der Waals surface area (Å²) in [6.07, 6.45) is 2.11. The quantitative estimate of drug-likeness (QED) is 0.800. The molecule has 1 aliphatic rings. The van der Waals surface area contributed by atoms with E-state index in [0.717, 1.165) is 5.56 Å². The van der Waals surface area contributed by atoms with Crippen LogP contribution in [-0.4, -0.2) is 30.4 Å². The van der Waals surface area contributed by atoms with Gasteiger partial charge in [0.25, 0.3) is 0 Å². The molecule has 102 valence electrons. The van der Waals surface area contributed by atoms with Gasteiger partial charge in [-0.2, -0.15) is 0 Å². The minimum atomic E-state index is -0.415. The van der Waals surface area contributed by atoms with Crippen molar-refractivity contribution in [1.82, 2.24) is 5.32 Å². The van der Waals surface area contributed by atoms with Crippen molar-refractivity contribution in [3.63, 3.8) is 0 Å². The Hall–Kier alpha value is -0.610. The van der Waals surface area contributed by atoms with E-state index in [9.17, 15) is 5.11 Å². The lowest BCUT2D eigenvalue weighted by molar-refractivity contribution is -0.00212. The first kappa shape index (κ1) is 15.4. The largest absolute Gasteiger partial charge is 0.389 e. The van der Waals surface area contributed by atoms with Crippen LogP contribution in [0, 0.1) is 0 Å². The zero-order valence-electron chi connectivity index (χ0n) is 10.7. The normalized spacial score (nSPS) is 17.9. The Morgan fingerprint density at radius 3 is 2.61 bits per heavy atom. The number of ether oxygens (including phenoxy) is 1. The molecule has 0 amide bonds. The molecule has 0 spiro atoms. The summed E-state index contributed by atoms with van der Waals surface area (Å²) < 4.78 is 5.65. The number of aliphatic hydroxyl groups excluding tert-OH is 1. The number of rotatable bonds is 7. The van der Waals surface area contributed by atoms with Crippen LogP contribution in [0.1, 0.15) is 31.4 Å². The van der Waals surface area contributed by atoms with E-state index in [2.05, 4.69) is 5.32 Å². The molecule has 1 aromatic carbocycles. The van der Waals surface area contributed by atoms with E-state index in [-0.39, 0.29) is 18.5 Å². The van der Waals surface area contributed by atoms with Gasteiger partial charge in [0.1, 0.15) is 0 Å². The van der Waals surface area contributed by atoms with Crippen LogP contribution in [0.15, 0.2) is 30.3 Å². The summed E-state index contributed by atoms with van der Waals surface area (Å²) in [6, 6.07) is 10.7. The van der Waals surface area contributed by atoms with Crippen LogP contribution in [0.2, 0.25) is 0 Å². The first-order valence-electron chi connectivity index (χ1n) is 6.33. The molecular formula is C14H22ClNO2. The van der Waals surface area contributed by atoms with E-state index < -0.39 is 6.10 Å². The fraction of sp³-hybridized carbons (Fsp3) is 0.571. The van der Waals surface area contributed by atoms with E-state index in [4.69, 9.17) is 4.74 Å². The highest BCUT2D eigenvalue weighted by Crippen LogP contribution is 2.19. The van der Waals surface area contributed by atoms with Gasteiger partial charge in [-0.1, -0.05) is 30.3 Å². The third kappa shape index (κ3) is 5.36. The molecule has 0 aliphatic heterocycles. The van der Waals surface area contributed by atoms with Crippen LogP contribution in [0.3, 0.4) is 0 Å². The third-order valence-electron chi connectivity index (χ3n) is 3.03. The second kappa shape index (κ2) is 7.74. The van der Waals surface area contributed by atoms with Crippen LogP contribution in [0.4, 0.5) is 0 Å². The smallest absolute Gasteiger partial charge is 0.0898 e. The molecule has 2 unspecified atom stereocenters. The average Bonchev–Trinajstić information content (AvgIpc) is 3.18. The van der Waals surface area contributed by atoms with Crippen LogP contribution < -0.4 is 5.32 Å². The van der Waals surface area contributed by atoms with E-state index in [1.807, 2.05) is 37.3 Å². The highest BCUT2D eigenvalue weighted by atomic mass is 35.5. The number of aliphatic hydroxyl groups is 1. The molecule has 0 saturated heterocycles. The first-order chi connectivity index (χ1) is 8.25. The minimum absolute atomic E-state index is 0. The first-order valence-corrected chi connectivity index (χ1v) is 6.33. The van der Waals surface area contributed by atoms with Crippen LogP contribution in [0.25, 0.3) is 0 Å². The molecule has 0 heterocycles. The molecule has 0 bridgehead atoms. The average molecular weight is 272 g/mol. The van der Waals surface area contributed by atoms with Gasteiger partial charge in [0.05, 0.1) is 18.8 Å². The van der Waals surface area contributed by atoms with Crippen molar-refractivity contribution in [1.29, 1.82) is 0 Å². The number of nitrogens with one attached hydrogen (secondary N) is 1. The van der Waals surface area contributed by atoms with Crippen molar-refractivity contribution in [3.8, 4) is 0 Å². The van der Waals surface area contributed by atoms with Gasteiger partial charge in [0.2, 0.25) is 0 Å². The highest BCUT2D eigenvalue weighted by molar-refractivity contribution is 5.85. The monoisotopic (exact) mass is 271 g/mol. The number of hydrogen-bond donors (Lipinski definition) is 2. The van der Waals surface area contributed by atoms with E-state index >= 15 is 0 Å². The van der Waals surface area contributed by atoms with E-state index in [0.29, 0.717) is 19.2 Å². The fourth-order valence-electron chi connectivity index (χ4n) is 1.72. The van der Waals surface area contributed by atoms with Crippen molar-refractivity contribution < 1.29 is 9.84 Å².